The van der Waals surface area contributed by atoms with Crippen LogP contribution in [0.1, 0.15) is 19.3 Å². The van der Waals surface area contributed by atoms with Gasteiger partial charge in [0.2, 0.25) is 0 Å². The van der Waals surface area contributed by atoms with Crippen molar-refractivity contribution in [2.75, 3.05) is 0 Å². The first-order valence-corrected chi connectivity index (χ1v) is 12.5. The summed E-state index contributed by atoms with van der Waals surface area (Å²) in [4.78, 5) is 13.6. The molecule has 4 aromatic carbocycles. The van der Waals surface area contributed by atoms with E-state index in [-0.39, 0.29) is 32.1 Å². The SMILES string of the molecule is O=C(O)C1CC2CC(Sc3ccc4ccccc4c3)C1C2.Sc1ccc2ccccc2c1.[Zr]. The van der Waals surface area contributed by atoms with Gasteiger partial charge in [-0.25, -0.2) is 0 Å². The van der Waals surface area contributed by atoms with Crippen LogP contribution < -0.4 is 0 Å². The summed E-state index contributed by atoms with van der Waals surface area (Å²) in [6.07, 6.45) is 3.20. The van der Waals surface area contributed by atoms with Gasteiger partial charge in [-0.05, 0) is 76.9 Å². The summed E-state index contributed by atoms with van der Waals surface area (Å²) >= 11 is 6.15. The molecule has 33 heavy (non-hydrogen) atoms. The number of hydrogen-bond donors (Lipinski definition) is 2. The topological polar surface area (TPSA) is 37.3 Å². The Morgan fingerprint density at radius 3 is 2.03 bits per heavy atom. The van der Waals surface area contributed by atoms with Crippen molar-refractivity contribution in [1.82, 2.24) is 0 Å². The second-order valence-corrected chi connectivity index (χ2v) is 10.7. The standard InChI is InChI=1S/C18H18O2S.C10H8S.Zr/c19-18(20)16-8-11-7-15(16)17(9-11)21-14-6-5-12-3-1-2-4-13(12)10-14;11-10-6-5-8-3-1-2-4-9(8)7-10;/h1-6,10-11,15-17H,7-9H2,(H,19,20);1-7,11H;. The van der Waals surface area contributed by atoms with E-state index in [2.05, 4.69) is 79.4 Å². The number of rotatable bonds is 3. The minimum atomic E-state index is -0.591. The third-order valence-electron chi connectivity index (χ3n) is 6.81. The number of thiol groups is 1. The van der Waals surface area contributed by atoms with Crippen molar-refractivity contribution in [1.29, 1.82) is 0 Å². The minimum Gasteiger partial charge on any atom is -0.481 e. The zero-order valence-electron chi connectivity index (χ0n) is 18.2. The van der Waals surface area contributed by atoms with Crippen molar-refractivity contribution in [2.45, 2.75) is 34.3 Å². The summed E-state index contributed by atoms with van der Waals surface area (Å²) in [6, 6.07) is 29.4. The molecule has 0 aliphatic heterocycles. The molecule has 4 atom stereocenters. The number of thioether (sulfide) groups is 1. The molecule has 0 heterocycles. The predicted octanol–water partition coefficient (Wildman–Crippen LogP) is 7.56. The van der Waals surface area contributed by atoms with E-state index in [1.165, 1.54) is 32.9 Å². The van der Waals surface area contributed by atoms with Crippen LogP contribution in [0.2, 0.25) is 0 Å². The van der Waals surface area contributed by atoms with E-state index < -0.39 is 5.97 Å². The third kappa shape index (κ3) is 5.58. The Labute approximate surface area is 223 Å². The molecule has 4 aromatic rings. The van der Waals surface area contributed by atoms with E-state index in [9.17, 15) is 9.90 Å². The number of fused-ring (bicyclic) bond motifs is 4. The zero-order valence-corrected chi connectivity index (χ0v) is 22.4. The van der Waals surface area contributed by atoms with E-state index in [1.807, 2.05) is 30.0 Å². The van der Waals surface area contributed by atoms with Gasteiger partial charge in [-0.1, -0.05) is 60.7 Å². The van der Waals surface area contributed by atoms with Crippen molar-refractivity contribution in [3.05, 3.63) is 84.9 Å². The maximum atomic E-state index is 11.4. The van der Waals surface area contributed by atoms with Gasteiger partial charge >= 0.3 is 5.97 Å². The van der Waals surface area contributed by atoms with Crippen LogP contribution in [0.25, 0.3) is 21.5 Å². The Morgan fingerprint density at radius 1 is 0.788 bits per heavy atom. The zero-order chi connectivity index (χ0) is 22.1. The smallest absolute Gasteiger partial charge is 0.306 e. The van der Waals surface area contributed by atoms with E-state index in [0.29, 0.717) is 17.1 Å². The molecule has 166 valence electrons. The van der Waals surface area contributed by atoms with Crippen molar-refractivity contribution in [2.24, 2.45) is 17.8 Å². The molecule has 2 aliphatic rings. The molecule has 2 nitrogen and oxygen atoms in total. The van der Waals surface area contributed by atoms with Crippen molar-refractivity contribution in [3.63, 3.8) is 0 Å². The van der Waals surface area contributed by atoms with Gasteiger partial charge in [0.25, 0.3) is 0 Å². The van der Waals surface area contributed by atoms with Gasteiger partial charge in [0, 0.05) is 41.2 Å². The monoisotopic (exact) mass is 548 g/mol. The second kappa shape index (κ2) is 10.8. The second-order valence-electron chi connectivity index (χ2n) is 8.88. The Hall–Kier alpha value is -1.55. The largest absolute Gasteiger partial charge is 0.481 e. The molecular weight excluding hydrogens is 524 g/mol. The predicted molar refractivity (Wildman–Crippen MR) is 137 cm³/mol. The molecule has 2 fully saturated rings. The molecular formula is C28H26O2S2Zr. The number of carboxylic acids is 1. The number of carbonyl (C=O) groups is 1. The summed E-state index contributed by atoms with van der Waals surface area (Å²) in [7, 11) is 0. The van der Waals surface area contributed by atoms with Crippen LogP contribution >= 0.6 is 24.4 Å². The van der Waals surface area contributed by atoms with Crippen LogP contribution in [0.3, 0.4) is 0 Å². The van der Waals surface area contributed by atoms with Gasteiger partial charge in [0.15, 0.2) is 0 Å². The molecule has 2 aliphatic carbocycles. The van der Waals surface area contributed by atoms with E-state index in [4.69, 9.17) is 0 Å². The maximum absolute atomic E-state index is 11.4. The number of hydrogen-bond acceptors (Lipinski definition) is 3. The molecule has 0 spiro atoms. The molecule has 2 bridgehead atoms. The number of carboxylic acid groups (broad SMARTS) is 1. The van der Waals surface area contributed by atoms with Crippen LogP contribution in [-0.4, -0.2) is 16.3 Å². The van der Waals surface area contributed by atoms with E-state index in [1.54, 1.807) is 0 Å². The molecule has 0 saturated heterocycles. The van der Waals surface area contributed by atoms with Crippen LogP contribution in [0.4, 0.5) is 0 Å². The fourth-order valence-corrected chi connectivity index (χ4v) is 7.05. The summed E-state index contributed by atoms with van der Waals surface area (Å²) in [5.41, 5.74) is 0. The summed E-state index contributed by atoms with van der Waals surface area (Å²) < 4.78 is 0. The van der Waals surface area contributed by atoms with Crippen LogP contribution in [0, 0.1) is 17.8 Å². The first kappa shape index (κ1) is 24.6. The maximum Gasteiger partial charge on any atom is 0.306 e. The van der Waals surface area contributed by atoms with Gasteiger partial charge < -0.3 is 5.11 Å². The van der Waals surface area contributed by atoms with Crippen molar-refractivity contribution >= 4 is 51.9 Å². The average molecular weight is 550 g/mol. The van der Waals surface area contributed by atoms with Crippen LogP contribution in [0.5, 0.6) is 0 Å². The van der Waals surface area contributed by atoms with Crippen molar-refractivity contribution < 1.29 is 36.1 Å². The molecule has 0 aromatic heterocycles. The number of benzene rings is 4. The van der Waals surface area contributed by atoms with Gasteiger partial charge in [0.05, 0.1) is 5.92 Å². The summed E-state index contributed by atoms with van der Waals surface area (Å²) in [5.74, 6) is 0.297. The Morgan fingerprint density at radius 2 is 1.39 bits per heavy atom. The Balaban J connectivity index is 0.000000183. The fourth-order valence-electron chi connectivity index (χ4n) is 5.30. The first-order valence-electron chi connectivity index (χ1n) is 11.1. The molecule has 5 heteroatoms. The Kier molecular flexibility index (Phi) is 8.04. The summed E-state index contributed by atoms with van der Waals surface area (Å²) in [5, 5.41) is 14.9. The van der Waals surface area contributed by atoms with E-state index in [0.717, 1.165) is 17.7 Å². The summed E-state index contributed by atoms with van der Waals surface area (Å²) in [6.45, 7) is 0. The molecule has 0 radical (unpaired) electrons. The van der Waals surface area contributed by atoms with Crippen LogP contribution in [0.15, 0.2) is 94.7 Å². The quantitative estimate of drug-likeness (QED) is 0.259. The third-order valence-corrected chi connectivity index (χ3v) is 8.46. The van der Waals surface area contributed by atoms with Crippen LogP contribution in [-0.2, 0) is 31.0 Å². The first-order chi connectivity index (χ1) is 15.6. The van der Waals surface area contributed by atoms with Crippen molar-refractivity contribution in [3.8, 4) is 0 Å². The Bertz CT molecular complexity index is 1270. The average Bonchev–Trinajstić information content (AvgIpc) is 3.40. The molecule has 4 unspecified atom stereocenters. The molecule has 0 amide bonds. The van der Waals surface area contributed by atoms with Gasteiger partial charge in [0.1, 0.15) is 0 Å². The van der Waals surface area contributed by atoms with E-state index >= 15 is 0 Å². The fraction of sp³-hybridized carbons (Fsp3) is 0.250. The normalized spacial score (nSPS) is 23.1. The molecule has 2 saturated carbocycles. The van der Waals surface area contributed by atoms with Gasteiger partial charge in [-0.3, -0.25) is 4.79 Å². The van der Waals surface area contributed by atoms with Gasteiger partial charge in [-0.2, -0.15) is 0 Å². The van der Waals surface area contributed by atoms with Gasteiger partial charge in [-0.15, -0.1) is 24.4 Å². The number of aliphatic carboxylic acids is 1. The minimum absolute atomic E-state index is 0. The molecule has 1 N–H and O–H groups in total. The molecule has 6 rings (SSSR count).